The standard InChI is InChI=1S/C13H13BrO/c14-12(9-5-6-9)8-11-7-10-3-1-2-4-13(10)15-11/h1-4,7,9,12H,5-6,8H2. The van der Waals surface area contributed by atoms with Crippen LogP contribution >= 0.6 is 15.9 Å². The summed E-state index contributed by atoms with van der Waals surface area (Å²) >= 11 is 3.74. The Morgan fingerprint density at radius 1 is 1.33 bits per heavy atom. The van der Waals surface area contributed by atoms with Crippen molar-refractivity contribution in [3.05, 3.63) is 36.1 Å². The van der Waals surface area contributed by atoms with Crippen LogP contribution in [0.15, 0.2) is 34.7 Å². The highest BCUT2D eigenvalue weighted by molar-refractivity contribution is 9.09. The van der Waals surface area contributed by atoms with E-state index >= 15 is 0 Å². The van der Waals surface area contributed by atoms with Gasteiger partial charge in [0.25, 0.3) is 0 Å². The minimum absolute atomic E-state index is 0.595. The molecule has 1 nitrogen and oxygen atoms in total. The summed E-state index contributed by atoms with van der Waals surface area (Å²) < 4.78 is 5.79. The summed E-state index contributed by atoms with van der Waals surface area (Å²) in [7, 11) is 0. The molecule has 0 N–H and O–H groups in total. The van der Waals surface area contributed by atoms with Crippen LogP contribution < -0.4 is 0 Å². The average Bonchev–Trinajstić information content (AvgIpc) is 2.99. The van der Waals surface area contributed by atoms with Crippen molar-refractivity contribution in [2.75, 3.05) is 0 Å². The lowest BCUT2D eigenvalue weighted by atomic mass is 10.2. The third-order valence-electron chi connectivity index (χ3n) is 3.01. The Morgan fingerprint density at radius 3 is 2.87 bits per heavy atom. The highest BCUT2D eigenvalue weighted by atomic mass is 79.9. The second kappa shape index (κ2) is 3.67. The van der Waals surface area contributed by atoms with Crippen LogP contribution in [-0.2, 0) is 6.42 Å². The van der Waals surface area contributed by atoms with Crippen LogP contribution in [0, 0.1) is 5.92 Å². The number of halogens is 1. The average molecular weight is 265 g/mol. The second-order valence-electron chi connectivity index (χ2n) is 4.31. The number of hydrogen-bond donors (Lipinski definition) is 0. The fourth-order valence-electron chi connectivity index (χ4n) is 1.95. The molecule has 1 saturated carbocycles. The molecule has 78 valence electrons. The van der Waals surface area contributed by atoms with Gasteiger partial charge in [0.2, 0.25) is 0 Å². The van der Waals surface area contributed by atoms with E-state index in [1.807, 2.05) is 18.2 Å². The molecule has 0 spiro atoms. The van der Waals surface area contributed by atoms with Gasteiger partial charge in [-0.25, -0.2) is 0 Å². The van der Waals surface area contributed by atoms with Crippen molar-refractivity contribution < 1.29 is 4.42 Å². The van der Waals surface area contributed by atoms with Crippen LogP contribution in [0.5, 0.6) is 0 Å². The zero-order valence-electron chi connectivity index (χ0n) is 8.45. The summed E-state index contributed by atoms with van der Waals surface area (Å²) in [6, 6.07) is 10.4. The van der Waals surface area contributed by atoms with E-state index in [1.54, 1.807) is 0 Å². The van der Waals surface area contributed by atoms with E-state index < -0.39 is 0 Å². The molecule has 1 aliphatic rings. The van der Waals surface area contributed by atoms with Gasteiger partial charge < -0.3 is 4.42 Å². The molecule has 0 bridgehead atoms. The van der Waals surface area contributed by atoms with Gasteiger partial charge in [-0.1, -0.05) is 34.1 Å². The van der Waals surface area contributed by atoms with Crippen LogP contribution in [0.2, 0.25) is 0 Å². The number of rotatable bonds is 3. The van der Waals surface area contributed by atoms with Crippen LogP contribution in [0.3, 0.4) is 0 Å². The molecule has 3 rings (SSSR count). The predicted octanol–water partition coefficient (Wildman–Crippen LogP) is 4.15. The number of para-hydroxylation sites is 1. The molecule has 0 amide bonds. The zero-order chi connectivity index (χ0) is 10.3. The van der Waals surface area contributed by atoms with Gasteiger partial charge in [0.1, 0.15) is 11.3 Å². The Labute approximate surface area is 97.6 Å². The molecule has 0 aliphatic heterocycles. The van der Waals surface area contributed by atoms with Crippen molar-refractivity contribution in [1.29, 1.82) is 0 Å². The van der Waals surface area contributed by atoms with Crippen LogP contribution in [-0.4, -0.2) is 4.83 Å². The number of fused-ring (bicyclic) bond motifs is 1. The van der Waals surface area contributed by atoms with Crippen molar-refractivity contribution in [2.45, 2.75) is 24.1 Å². The van der Waals surface area contributed by atoms with Gasteiger partial charge in [0.05, 0.1) is 0 Å². The van der Waals surface area contributed by atoms with Crippen molar-refractivity contribution in [2.24, 2.45) is 5.92 Å². The third kappa shape index (κ3) is 1.96. The van der Waals surface area contributed by atoms with Crippen LogP contribution in [0.25, 0.3) is 11.0 Å². The Morgan fingerprint density at radius 2 is 2.13 bits per heavy atom. The summed E-state index contributed by atoms with van der Waals surface area (Å²) in [5.74, 6) is 1.98. The van der Waals surface area contributed by atoms with Crippen molar-refractivity contribution in [3.8, 4) is 0 Å². The Kier molecular flexibility index (Phi) is 2.32. The number of alkyl halides is 1. The quantitative estimate of drug-likeness (QED) is 0.760. The first-order valence-electron chi connectivity index (χ1n) is 5.44. The van der Waals surface area contributed by atoms with Gasteiger partial charge >= 0.3 is 0 Å². The molecule has 2 aromatic rings. The van der Waals surface area contributed by atoms with Crippen molar-refractivity contribution in [3.63, 3.8) is 0 Å². The molecule has 0 radical (unpaired) electrons. The molecular formula is C13H13BrO. The highest BCUT2D eigenvalue weighted by Gasteiger charge is 2.29. The Balaban J connectivity index is 1.84. The molecule has 15 heavy (non-hydrogen) atoms. The topological polar surface area (TPSA) is 13.1 Å². The maximum absolute atomic E-state index is 5.79. The van der Waals surface area contributed by atoms with Gasteiger partial charge in [0.15, 0.2) is 0 Å². The molecule has 2 heteroatoms. The van der Waals surface area contributed by atoms with Crippen LogP contribution in [0.1, 0.15) is 18.6 Å². The molecular weight excluding hydrogens is 252 g/mol. The summed E-state index contributed by atoms with van der Waals surface area (Å²) in [6.07, 6.45) is 3.76. The van der Waals surface area contributed by atoms with Gasteiger partial charge in [-0.2, -0.15) is 0 Å². The van der Waals surface area contributed by atoms with Gasteiger partial charge in [-0.05, 0) is 30.9 Å². The number of hydrogen-bond acceptors (Lipinski definition) is 1. The molecule has 0 saturated heterocycles. The van der Waals surface area contributed by atoms with E-state index in [4.69, 9.17) is 4.42 Å². The Hall–Kier alpha value is -0.760. The first-order valence-corrected chi connectivity index (χ1v) is 6.36. The fourth-order valence-corrected chi connectivity index (χ4v) is 2.80. The molecule has 1 unspecified atom stereocenters. The highest BCUT2D eigenvalue weighted by Crippen LogP contribution is 2.38. The minimum atomic E-state index is 0.595. The fraction of sp³-hybridized carbons (Fsp3) is 0.385. The van der Waals surface area contributed by atoms with Crippen molar-refractivity contribution in [1.82, 2.24) is 0 Å². The summed E-state index contributed by atoms with van der Waals surface area (Å²) in [6.45, 7) is 0. The van der Waals surface area contributed by atoms with E-state index in [0.29, 0.717) is 4.83 Å². The zero-order valence-corrected chi connectivity index (χ0v) is 10.0. The van der Waals surface area contributed by atoms with E-state index in [-0.39, 0.29) is 0 Å². The van der Waals surface area contributed by atoms with E-state index in [0.717, 1.165) is 23.7 Å². The maximum atomic E-state index is 5.79. The van der Waals surface area contributed by atoms with E-state index in [2.05, 4.69) is 28.1 Å². The molecule has 1 fully saturated rings. The lowest BCUT2D eigenvalue weighted by Crippen LogP contribution is -2.03. The first-order chi connectivity index (χ1) is 7.33. The van der Waals surface area contributed by atoms with E-state index in [9.17, 15) is 0 Å². The third-order valence-corrected chi connectivity index (χ3v) is 4.08. The molecule has 1 aromatic heterocycles. The number of furan rings is 1. The lowest BCUT2D eigenvalue weighted by Gasteiger charge is -2.03. The van der Waals surface area contributed by atoms with E-state index in [1.165, 1.54) is 18.2 Å². The molecule has 1 aliphatic carbocycles. The summed E-state index contributed by atoms with van der Waals surface area (Å²) in [5, 5.41) is 1.21. The second-order valence-corrected chi connectivity index (χ2v) is 5.48. The smallest absolute Gasteiger partial charge is 0.134 e. The molecule has 1 heterocycles. The molecule has 1 aromatic carbocycles. The van der Waals surface area contributed by atoms with Crippen molar-refractivity contribution >= 4 is 26.9 Å². The maximum Gasteiger partial charge on any atom is 0.134 e. The van der Waals surface area contributed by atoms with Gasteiger partial charge in [0, 0.05) is 16.6 Å². The normalized spacial score (nSPS) is 18.2. The minimum Gasteiger partial charge on any atom is -0.461 e. The monoisotopic (exact) mass is 264 g/mol. The summed E-state index contributed by atoms with van der Waals surface area (Å²) in [4.78, 5) is 0.595. The molecule has 1 atom stereocenters. The first kappa shape index (κ1) is 9.46. The largest absolute Gasteiger partial charge is 0.461 e. The summed E-state index contributed by atoms with van der Waals surface area (Å²) in [5.41, 5.74) is 1.00. The SMILES string of the molecule is BrC(Cc1cc2ccccc2o1)C1CC1. The van der Waals surface area contributed by atoms with Gasteiger partial charge in [-0.3, -0.25) is 0 Å². The lowest BCUT2D eigenvalue weighted by molar-refractivity contribution is 0.535. The van der Waals surface area contributed by atoms with Gasteiger partial charge in [-0.15, -0.1) is 0 Å². The number of benzene rings is 1. The Bertz CT molecular complexity index is 437. The predicted molar refractivity (Wildman–Crippen MR) is 65.4 cm³/mol. The van der Waals surface area contributed by atoms with Crippen LogP contribution in [0.4, 0.5) is 0 Å².